The summed E-state index contributed by atoms with van der Waals surface area (Å²) < 4.78 is 34.0. The fourth-order valence-corrected chi connectivity index (χ4v) is 8.14. The summed E-state index contributed by atoms with van der Waals surface area (Å²) in [5.41, 5.74) is 0. The number of allylic oxidation sites excluding steroid dienone is 3. The van der Waals surface area contributed by atoms with Crippen LogP contribution in [0.3, 0.4) is 0 Å². The molecular formula is C46H83NO18. The topological polar surface area (TPSA) is 307 Å². The molecule has 0 aromatic heterocycles. The van der Waals surface area contributed by atoms with Gasteiger partial charge in [-0.25, -0.2) is 0 Å². The molecule has 1 amide bonds. The van der Waals surface area contributed by atoms with Crippen LogP contribution in [-0.2, 0) is 33.2 Å². The van der Waals surface area contributed by atoms with Crippen LogP contribution in [-0.4, -0.2) is 193 Å². The monoisotopic (exact) mass is 938 g/mol. The minimum absolute atomic E-state index is 0.237. The van der Waals surface area contributed by atoms with E-state index in [1.54, 1.807) is 6.08 Å². The highest BCUT2D eigenvalue weighted by Gasteiger charge is 2.53. The van der Waals surface area contributed by atoms with Crippen molar-refractivity contribution < 1.29 is 89.4 Å². The number of aliphatic hydroxyl groups excluding tert-OH is 11. The first kappa shape index (κ1) is 57.6. The van der Waals surface area contributed by atoms with E-state index in [4.69, 9.17) is 28.4 Å². The van der Waals surface area contributed by atoms with Gasteiger partial charge in [-0.15, -0.1) is 0 Å². The molecule has 0 radical (unpaired) electrons. The number of carbonyl (C=O) groups is 1. The Bertz CT molecular complexity index is 1310. The van der Waals surface area contributed by atoms with E-state index in [0.717, 1.165) is 38.5 Å². The highest BCUT2D eigenvalue weighted by Crippen LogP contribution is 2.33. The quantitative estimate of drug-likeness (QED) is 0.0322. The zero-order chi connectivity index (χ0) is 47.7. The maximum atomic E-state index is 13.1. The molecule has 0 aromatic rings. The van der Waals surface area contributed by atoms with E-state index in [0.29, 0.717) is 12.8 Å². The second kappa shape index (κ2) is 32.2. The predicted molar refractivity (Wildman–Crippen MR) is 236 cm³/mol. The summed E-state index contributed by atoms with van der Waals surface area (Å²) in [5.74, 6) is -0.293. The van der Waals surface area contributed by atoms with Crippen molar-refractivity contribution >= 4 is 5.91 Å². The Morgan fingerprint density at radius 1 is 0.538 bits per heavy atom. The second-order valence-corrected chi connectivity index (χ2v) is 17.6. The number of carbonyl (C=O) groups excluding carboxylic acids is 1. The van der Waals surface area contributed by atoms with Crippen molar-refractivity contribution in [2.45, 2.75) is 234 Å². The molecule has 3 saturated heterocycles. The van der Waals surface area contributed by atoms with Crippen molar-refractivity contribution in [3.05, 3.63) is 24.3 Å². The molecule has 0 aromatic carbocycles. The third-order valence-electron chi connectivity index (χ3n) is 12.3. The molecule has 17 unspecified atom stereocenters. The van der Waals surface area contributed by atoms with E-state index in [1.165, 1.54) is 57.8 Å². The lowest BCUT2D eigenvalue weighted by molar-refractivity contribution is -0.379. The van der Waals surface area contributed by atoms with Crippen LogP contribution in [0, 0.1) is 0 Å². The Kier molecular flexibility index (Phi) is 28.5. The lowest BCUT2D eigenvalue weighted by Crippen LogP contribution is -2.66. The summed E-state index contributed by atoms with van der Waals surface area (Å²) in [6.45, 7) is 1.58. The summed E-state index contributed by atoms with van der Waals surface area (Å²) in [7, 11) is 0. The Balaban J connectivity index is 1.60. The number of amides is 1. The fourth-order valence-electron chi connectivity index (χ4n) is 8.14. The summed E-state index contributed by atoms with van der Waals surface area (Å²) in [6.07, 6.45) is -0.692. The molecule has 17 atom stereocenters. The maximum absolute atomic E-state index is 13.1. The summed E-state index contributed by atoms with van der Waals surface area (Å²) in [5, 5.41) is 119. The van der Waals surface area contributed by atoms with E-state index in [1.807, 2.05) is 6.08 Å². The third kappa shape index (κ3) is 18.9. The number of hydrogen-bond acceptors (Lipinski definition) is 18. The van der Waals surface area contributed by atoms with Crippen LogP contribution < -0.4 is 5.32 Å². The van der Waals surface area contributed by atoms with Gasteiger partial charge in [-0.1, -0.05) is 115 Å². The van der Waals surface area contributed by atoms with Gasteiger partial charge >= 0.3 is 0 Å². The summed E-state index contributed by atoms with van der Waals surface area (Å²) in [4.78, 5) is 13.1. The number of hydrogen-bond donors (Lipinski definition) is 12. The van der Waals surface area contributed by atoms with E-state index in [2.05, 4.69) is 31.3 Å². The number of aliphatic hydroxyl groups is 11. The Morgan fingerprint density at radius 2 is 0.985 bits per heavy atom. The molecule has 3 aliphatic heterocycles. The smallest absolute Gasteiger partial charge is 0.220 e. The van der Waals surface area contributed by atoms with Crippen molar-refractivity contribution in [1.29, 1.82) is 0 Å². The zero-order valence-corrected chi connectivity index (χ0v) is 38.5. The van der Waals surface area contributed by atoms with Gasteiger partial charge in [0.05, 0.1) is 38.6 Å². The van der Waals surface area contributed by atoms with Gasteiger partial charge in [-0.05, 0) is 32.1 Å². The van der Waals surface area contributed by atoms with Crippen molar-refractivity contribution in [1.82, 2.24) is 5.32 Å². The van der Waals surface area contributed by atoms with Crippen LogP contribution >= 0.6 is 0 Å². The average molecular weight is 938 g/mol. The molecule has 3 rings (SSSR count). The van der Waals surface area contributed by atoms with Gasteiger partial charge in [0.2, 0.25) is 5.91 Å². The Labute approximate surface area is 384 Å². The van der Waals surface area contributed by atoms with E-state index < -0.39 is 124 Å². The lowest BCUT2D eigenvalue weighted by Gasteiger charge is -2.48. The van der Waals surface area contributed by atoms with Crippen molar-refractivity contribution in [2.75, 3.05) is 26.4 Å². The number of nitrogens with one attached hydrogen (secondary N) is 1. The van der Waals surface area contributed by atoms with Crippen LogP contribution in [0.2, 0.25) is 0 Å². The molecule has 3 heterocycles. The molecule has 0 saturated carbocycles. The van der Waals surface area contributed by atoms with Crippen LogP contribution in [0.4, 0.5) is 0 Å². The molecular weight excluding hydrogens is 854 g/mol. The Morgan fingerprint density at radius 3 is 1.54 bits per heavy atom. The molecule has 380 valence electrons. The largest absolute Gasteiger partial charge is 0.394 e. The van der Waals surface area contributed by atoms with Crippen LogP contribution in [0.1, 0.15) is 129 Å². The second-order valence-electron chi connectivity index (χ2n) is 17.6. The normalized spacial score (nSPS) is 34.3. The molecule has 19 heteroatoms. The zero-order valence-electron chi connectivity index (χ0n) is 38.5. The van der Waals surface area contributed by atoms with Gasteiger partial charge in [0.1, 0.15) is 73.2 Å². The number of rotatable bonds is 32. The first-order valence-corrected chi connectivity index (χ1v) is 24.1. The van der Waals surface area contributed by atoms with Gasteiger partial charge in [-0.2, -0.15) is 0 Å². The molecule has 0 bridgehead atoms. The lowest BCUT2D eigenvalue weighted by atomic mass is 9.96. The summed E-state index contributed by atoms with van der Waals surface area (Å²) in [6, 6.07) is -0.980. The van der Waals surface area contributed by atoms with Gasteiger partial charge in [0.15, 0.2) is 18.9 Å². The van der Waals surface area contributed by atoms with Gasteiger partial charge in [-0.3, -0.25) is 4.79 Å². The van der Waals surface area contributed by atoms with Gasteiger partial charge in [0, 0.05) is 6.42 Å². The molecule has 12 N–H and O–H groups in total. The van der Waals surface area contributed by atoms with Gasteiger partial charge < -0.3 is 89.9 Å². The Hall–Kier alpha value is -1.73. The molecule has 0 spiro atoms. The van der Waals surface area contributed by atoms with E-state index in [-0.39, 0.29) is 18.9 Å². The van der Waals surface area contributed by atoms with Crippen LogP contribution in [0.15, 0.2) is 24.3 Å². The summed E-state index contributed by atoms with van der Waals surface area (Å²) >= 11 is 0. The SMILES string of the molecule is CCCCCC/C=C/CC/C=C/C(O)C(COC1OC(CO)C(OC2OC(CO)C(OC3OC(CO)C(O)C(O)C3O)C(O)C2O)C(O)C1O)NC(=O)CCCCCCCCCCCC. The van der Waals surface area contributed by atoms with E-state index >= 15 is 0 Å². The van der Waals surface area contributed by atoms with Gasteiger partial charge in [0.25, 0.3) is 0 Å². The predicted octanol–water partition coefficient (Wildman–Crippen LogP) is 0.471. The highest BCUT2D eigenvalue weighted by molar-refractivity contribution is 5.76. The molecule has 19 nitrogen and oxygen atoms in total. The minimum Gasteiger partial charge on any atom is -0.394 e. The highest BCUT2D eigenvalue weighted by atomic mass is 16.8. The van der Waals surface area contributed by atoms with E-state index in [9.17, 15) is 61.0 Å². The third-order valence-corrected chi connectivity index (χ3v) is 12.3. The molecule has 3 aliphatic rings. The maximum Gasteiger partial charge on any atom is 0.220 e. The number of ether oxygens (including phenoxy) is 6. The standard InChI is InChI=1S/C46H83NO18/c1-3-5-7-9-11-13-15-17-19-21-23-30(51)29(47-34(52)24-22-20-18-16-14-12-10-8-6-4-2)28-60-44-40(58)37(55)42(32(26-49)62-44)65-46-41(59)38(56)43(33(27-50)63-46)64-45-39(57)36(54)35(53)31(25-48)61-45/h13,15,21,23,29-33,35-46,48-51,53-59H,3-12,14,16-20,22,24-28H2,1-2H3,(H,47,52)/b15-13+,23-21+. The molecule has 0 aliphatic carbocycles. The fraction of sp³-hybridized carbons (Fsp3) is 0.891. The molecule has 3 fully saturated rings. The van der Waals surface area contributed by atoms with Crippen molar-refractivity contribution in [2.24, 2.45) is 0 Å². The van der Waals surface area contributed by atoms with Crippen molar-refractivity contribution in [3.63, 3.8) is 0 Å². The molecule has 65 heavy (non-hydrogen) atoms. The van der Waals surface area contributed by atoms with Crippen molar-refractivity contribution in [3.8, 4) is 0 Å². The first-order chi connectivity index (χ1) is 31.3. The number of unbranched alkanes of at least 4 members (excludes halogenated alkanes) is 14. The minimum atomic E-state index is -1.98. The average Bonchev–Trinajstić information content (AvgIpc) is 3.30. The first-order valence-electron chi connectivity index (χ1n) is 24.1. The van der Waals surface area contributed by atoms with Crippen LogP contribution in [0.25, 0.3) is 0 Å². The van der Waals surface area contributed by atoms with Crippen LogP contribution in [0.5, 0.6) is 0 Å².